The number of hydrogen-bond donors (Lipinski definition) is 0. The summed E-state index contributed by atoms with van der Waals surface area (Å²) in [5, 5.41) is 0. The highest BCUT2D eigenvalue weighted by atomic mass is 32.2. The highest BCUT2D eigenvalue weighted by Gasteiger charge is 2.27. The van der Waals surface area contributed by atoms with Gasteiger partial charge in [-0.05, 0) is 33.8 Å². The van der Waals surface area contributed by atoms with Gasteiger partial charge >= 0.3 is 0 Å². The second-order valence-corrected chi connectivity index (χ2v) is 7.88. The Labute approximate surface area is 137 Å². The van der Waals surface area contributed by atoms with E-state index in [9.17, 15) is 13.3 Å². The van der Waals surface area contributed by atoms with Crippen LogP contribution in [0.1, 0.15) is 33.3 Å². The van der Waals surface area contributed by atoms with Crippen molar-refractivity contribution in [2.45, 2.75) is 32.4 Å². The number of aromatic nitrogens is 2. The van der Waals surface area contributed by atoms with E-state index in [4.69, 9.17) is 0 Å². The van der Waals surface area contributed by atoms with Gasteiger partial charge in [0, 0.05) is 35.2 Å². The molecular formula is C16H17F2N3OS. The second-order valence-electron chi connectivity index (χ2n) is 5.98. The third-order valence-corrected chi connectivity index (χ3v) is 4.55. The van der Waals surface area contributed by atoms with Crippen LogP contribution in [0.4, 0.5) is 8.78 Å². The first-order chi connectivity index (χ1) is 10.7. The molecule has 7 heteroatoms. The summed E-state index contributed by atoms with van der Waals surface area (Å²) in [4.78, 5) is 7.66. The summed E-state index contributed by atoms with van der Waals surface area (Å²) >= 11 is -1.53. The molecule has 0 unspecified atom stereocenters. The molecule has 122 valence electrons. The van der Waals surface area contributed by atoms with E-state index in [1.807, 2.05) is 0 Å². The smallest absolute Gasteiger partial charge is 0.144 e. The highest BCUT2D eigenvalue weighted by molar-refractivity contribution is 7.91. The summed E-state index contributed by atoms with van der Waals surface area (Å²) in [6, 6.07) is 2.12. The first-order valence-corrected chi connectivity index (χ1v) is 8.03. The van der Waals surface area contributed by atoms with Crippen LogP contribution in [0.5, 0.6) is 0 Å². The van der Waals surface area contributed by atoms with Gasteiger partial charge in [-0.2, -0.15) is 0 Å². The number of halogens is 2. The first-order valence-electron chi connectivity index (χ1n) is 6.92. The Kier molecular flexibility index (Phi) is 5.11. The van der Waals surface area contributed by atoms with Crippen molar-refractivity contribution in [1.29, 1.82) is 0 Å². The standard InChI is InChI=1S/C16H17F2N3OS/c1-10(21-23(22)16(2,3)4)12-5-13(15(18)6-14(12)17)11-7-19-9-20-8-11/h5-9H,1-4H3/t23-/m0/s1. The van der Waals surface area contributed by atoms with Crippen molar-refractivity contribution in [3.63, 3.8) is 0 Å². The molecule has 0 aliphatic heterocycles. The highest BCUT2D eigenvalue weighted by Crippen LogP contribution is 2.26. The van der Waals surface area contributed by atoms with Gasteiger partial charge in [-0.3, -0.25) is 0 Å². The molecule has 0 aliphatic carbocycles. The van der Waals surface area contributed by atoms with Crippen molar-refractivity contribution < 1.29 is 13.3 Å². The van der Waals surface area contributed by atoms with Crippen LogP contribution in [0, 0.1) is 11.6 Å². The number of rotatable bonds is 3. The minimum absolute atomic E-state index is 0.0999. The van der Waals surface area contributed by atoms with Crippen molar-refractivity contribution in [1.82, 2.24) is 9.97 Å². The van der Waals surface area contributed by atoms with Crippen LogP contribution >= 0.6 is 0 Å². The maximum Gasteiger partial charge on any atom is 0.144 e. The lowest BCUT2D eigenvalue weighted by Crippen LogP contribution is -2.26. The van der Waals surface area contributed by atoms with Crippen LogP contribution in [-0.2, 0) is 11.4 Å². The summed E-state index contributed by atoms with van der Waals surface area (Å²) in [5.41, 5.74) is 0.936. The van der Waals surface area contributed by atoms with E-state index in [0.717, 1.165) is 6.07 Å². The van der Waals surface area contributed by atoms with Gasteiger partial charge in [0.2, 0.25) is 0 Å². The summed E-state index contributed by atoms with van der Waals surface area (Å²) < 4.78 is 43.7. The van der Waals surface area contributed by atoms with Gasteiger partial charge in [0.05, 0.1) is 5.71 Å². The zero-order chi connectivity index (χ0) is 17.2. The Hall–Kier alpha value is -1.86. The van der Waals surface area contributed by atoms with Crippen LogP contribution in [0.15, 0.2) is 35.3 Å². The average Bonchev–Trinajstić information content (AvgIpc) is 2.47. The maximum atomic E-state index is 14.1. The minimum Gasteiger partial charge on any atom is -0.591 e. The zero-order valence-corrected chi connectivity index (χ0v) is 14.1. The van der Waals surface area contributed by atoms with E-state index < -0.39 is 27.7 Å². The van der Waals surface area contributed by atoms with Gasteiger partial charge in [-0.15, -0.1) is 0 Å². The van der Waals surface area contributed by atoms with Gasteiger partial charge in [0.25, 0.3) is 0 Å². The Morgan fingerprint density at radius 1 is 1.13 bits per heavy atom. The van der Waals surface area contributed by atoms with Crippen molar-refractivity contribution in [2.24, 2.45) is 4.40 Å². The predicted molar refractivity (Wildman–Crippen MR) is 87.5 cm³/mol. The Balaban J connectivity index is 2.50. The molecule has 0 aliphatic rings. The molecule has 0 radical (unpaired) electrons. The molecule has 23 heavy (non-hydrogen) atoms. The number of hydrogen-bond acceptors (Lipinski definition) is 4. The van der Waals surface area contributed by atoms with Crippen LogP contribution in [0.3, 0.4) is 0 Å². The molecule has 0 bridgehead atoms. The number of benzene rings is 1. The molecule has 1 heterocycles. The quantitative estimate of drug-likeness (QED) is 0.634. The maximum absolute atomic E-state index is 14.1. The lowest BCUT2D eigenvalue weighted by molar-refractivity contribution is 0.561. The third-order valence-electron chi connectivity index (χ3n) is 3.06. The van der Waals surface area contributed by atoms with E-state index in [1.54, 1.807) is 27.7 Å². The molecule has 0 saturated heterocycles. The van der Waals surface area contributed by atoms with Gasteiger partial charge in [-0.25, -0.2) is 18.7 Å². The molecule has 0 amide bonds. The molecule has 1 atom stereocenters. The van der Waals surface area contributed by atoms with E-state index >= 15 is 0 Å². The first kappa shape index (κ1) is 17.5. The second kappa shape index (κ2) is 6.72. The van der Waals surface area contributed by atoms with Crippen LogP contribution in [0.25, 0.3) is 11.1 Å². The van der Waals surface area contributed by atoms with Crippen molar-refractivity contribution >= 4 is 17.1 Å². The fourth-order valence-electron chi connectivity index (χ4n) is 1.80. The summed E-state index contributed by atoms with van der Waals surface area (Å²) in [6.45, 7) is 6.86. The molecule has 2 rings (SSSR count). The van der Waals surface area contributed by atoms with E-state index in [1.165, 1.54) is 24.8 Å². The lowest BCUT2D eigenvalue weighted by atomic mass is 10.0. The summed E-state index contributed by atoms with van der Waals surface area (Å²) in [6.07, 6.45) is 4.20. The molecule has 0 fully saturated rings. The predicted octanol–water partition coefficient (Wildman–Crippen LogP) is 3.69. The molecular weight excluding hydrogens is 320 g/mol. The van der Waals surface area contributed by atoms with E-state index in [0.29, 0.717) is 5.56 Å². The Bertz CT molecular complexity index is 730. The molecule has 0 spiro atoms. The molecule has 0 N–H and O–H groups in total. The van der Waals surface area contributed by atoms with Gasteiger partial charge in [0.15, 0.2) is 0 Å². The van der Waals surface area contributed by atoms with Gasteiger partial charge in [0.1, 0.15) is 34.1 Å². The van der Waals surface area contributed by atoms with E-state index in [2.05, 4.69) is 14.4 Å². The molecule has 2 aromatic rings. The van der Waals surface area contributed by atoms with Crippen molar-refractivity contribution in [3.8, 4) is 11.1 Å². The Morgan fingerprint density at radius 2 is 1.74 bits per heavy atom. The molecule has 1 aromatic carbocycles. The normalized spacial score (nSPS) is 14.0. The van der Waals surface area contributed by atoms with Crippen molar-refractivity contribution in [3.05, 3.63) is 48.1 Å². The third kappa shape index (κ3) is 4.11. The van der Waals surface area contributed by atoms with Crippen LogP contribution in [0.2, 0.25) is 0 Å². The number of nitrogens with zero attached hydrogens (tertiary/aromatic N) is 3. The summed E-state index contributed by atoms with van der Waals surface area (Å²) in [5.74, 6) is -1.47. The van der Waals surface area contributed by atoms with Gasteiger partial charge in [-0.1, -0.05) is 4.40 Å². The van der Waals surface area contributed by atoms with Crippen LogP contribution < -0.4 is 0 Å². The monoisotopic (exact) mass is 337 g/mol. The minimum atomic E-state index is -1.53. The molecule has 4 nitrogen and oxygen atoms in total. The van der Waals surface area contributed by atoms with Crippen molar-refractivity contribution in [2.75, 3.05) is 0 Å². The SMILES string of the molecule is CC(=N[S@@+]([O-])C(C)(C)C)c1cc(-c2cncnc2)c(F)cc1F. The van der Waals surface area contributed by atoms with E-state index in [-0.39, 0.29) is 16.8 Å². The summed E-state index contributed by atoms with van der Waals surface area (Å²) in [7, 11) is 0. The zero-order valence-electron chi connectivity index (χ0n) is 13.3. The fraction of sp³-hybridized carbons (Fsp3) is 0.312. The fourth-order valence-corrected chi connectivity index (χ4v) is 2.42. The lowest BCUT2D eigenvalue weighted by Gasteiger charge is -2.19. The molecule has 0 saturated carbocycles. The van der Waals surface area contributed by atoms with Gasteiger partial charge < -0.3 is 4.55 Å². The average molecular weight is 337 g/mol. The Morgan fingerprint density at radius 3 is 2.30 bits per heavy atom. The van der Waals surface area contributed by atoms with Crippen LogP contribution in [-0.4, -0.2) is 25.0 Å². The topological polar surface area (TPSA) is 61.2 Å². The molecule has 1 aromatic heterocycles. The largest absolute Gasteiger partial charge is 0.591 e.